The Morgan fingerprint density at radius 3 is 2.38 bits per heavy atom. The number of rotatable bonds is 6. The minimum atomic E-state index is -1.63. The number of aromatic carboxylic acids is 1. The van der Waals surface area contributed by atoms with Crippen molar-refractivity contribution in [3.63, 3.8) is 0 Å². The lowest BCUT2D eigenvalue weighted by molar-refractivity contribution is -0.384. The van der Waals surface area contributed by atoms with Gasteiger partial charge in [-0.1, -0.05) is 13.8 Å². The molecule has 0 aliphatic carbocycles. The molecule has 1 amide bonds. The zero-order valence-electron chi connectivity index (χ0n) is 11.3. The number of hydrogen-bond donors (Lipinski definition) is 3. The van der Waals surface area contributed by atoms with Gasteiger partial charge in [-0.05, 0) is 5.92 Å². The molecule has 0 aliphatic heterocycles. The first-order chi connectivity index (χ1) is 9.65. The molecule has 0 saturated heterocycles. The summed E-state index contributed by atoms with van der Waals surface area (Å²) in [6.07, 6.45) is 0. The van der Waals surface area contributed by atoms with Crippen molar-refractivity contribution < 1.29 is 24.0 Å². The van der Waals surface area contributed by atoms with Crippen LogP contribution in [0.3, 0.4) is 0 Å². The molecule has 1 aromatic carbocycles. The molecule has 1 aromatic rings. The van der Waals surface area contributed by atoms with Crippen molar-refractivity contribution in [2.24, 2.45) is 11.7 Å². The van der Waals surface area contributed by atoms with Crippen LogP contribution in [0.2, 0.25) is 0 Å². The van der Waals surface area contributed by atoms with Gasteiger partial charge in [0.15, 0.2) is 0 Å². The predicted octanol–water partition coefficient (Wildman–Crippen LogP) is 1.35. The molecule has 0 spiro atoms. The molecule has 4 N–H and O–H groups in total. The summed E-state index contributed by atoms with van der Waals surface area (Å²) in [6, 6.07) is 0.303. The molecule has 0 fully saturated rings. The molecule has 1 unspecified atom stereocenters. The molecule has 1 atom stereocenters. The number of hydrogen-bond acceptors (Lipinski definition) is 5. The van der Waals surface area contributed by atoms with E-state index in [-0.39, 0.29) is 11.6 Å². The molecule has 0 saturated carbocycles. The van der Waals surface area contributed by atoms with Crippen molar-refractivity contribution in [1.82, 2.24) is 0 Å². The van der Waals surface area contributed by atoms with Gasteiger partial charge < -0.3 is 16.2 Å². The first-order valence-electron chi connectivity index (χ1n) is 5.92. The smallest absolute Gasteiger partial charge is 0.338 e. The van der Waals surface area contributed by atoms with Crippen LogP contribution in [0.25, 0.3) is 0 Å². The molecule has 9 heteroatoms. The molecule has 8 nitrogen and oxygen atoms in total. The summed E-state index contributed by atoms with van der Waals surface area (Å²) in [7, 11) is 0. The van der Waals surface area contributed by atoms with Crippen LogP contribution in [0.15, 0.2) is 12.1 Å². The molecule has 21 heavy (non-hydrogen) atoms. The first kappa shape index (κ1) is 16.3. The number of amides is 1. The van der Waals surface area contributed by atoms with E-state index in [0.717, 1.165) is 0 Å². The lowest BCUT2D eigenvalue weighted by Crippen LogP contribution is -2.39. The number of halogens is 1. The van der Waals surface area contributed by atoms with Crippen LogP contribution in [0.5, 0.6) is 0 Å². The number of nitrogens with two attached hydrogens (primary N) is 1. The maximum absolute atomic E-state index is 13.6. The van der Waals surface area contributed by atoms with Crippen LogP contribution in [0.1, 0.15) is 24.2 Å². The molecule has 1 rings (SSSR count). The molecular weight excluding hydrogens is 285 g/mol. The summed E-state index contributed by atoms with van der Waals surface area (Å²) in [4.78, 5) is 32.2. The minimum Gasteiger partial charge on any atom is -0.478 e. The second kappa shape index (κ2) is 6.16. The number of anilines is 1. The van der Waals surface area contributed by atoms with Gasteiger partial charge in [0.1, 0.15) is 23.1 Å². The lowest BCUT2D eigenvalue weighted by Gasteiger charge is -2.20. The molecule has 0 heterocycles. The van der Waals surface area contributed by atoms with E-state index in [1.54, 1.807) is 13.8 Å². The van der Waals surface area contributed by atoms with E-state index in [4.69, 9.17) is 10.8 Å². The Morgan fingerprint density at radius 2 is 2.00 bits per heavy atom. The quantitative estimate of drug-likeness (QED) is 0.536. The highest BCUT2D eigenvalue weighted by atomic mass is 19.1. The fourth-order valence-electron chi connectivity index (χ4n) is 1.73. The highest BCUT2D eigenvalue weighted by Crippen LogP contribution is 2.29. The predicted molar refractivity (Wildman–Crippen MR) is 71.5 cm³/mol. The van der Waals surface area contributed by atoms with Gasteiger partial charge in [0.2, 0.25) is 5.91 Å². The van der Waals surface area contributed by atoms with Crippen molar-refractivity contribution in [2.45, 2.75) is 19.9 Å². The van der Waals surface area contributed by atoms with Crippen LogP contribution >= 0.6 is 0 Å². The van der Waals surface area contributed by atoms with E-state index in [2.05, 4.69) is 5.32 Å². The van der Waals surface area contributed by atoms with Crippen molar-refractivity contribution in [3.8, 4) is 0 Å². The van der Waals surface area contributed by atoms with Crippen LogP contribution in [0, 0.1) is 21.8 Å². The number of carbonyl (C=O) groups is 2. The van der Waals surface area contributed by atoms with Gasteiger partial charge in [-0.2, -0.15) is 0 Å². The summed E-state index contributed by atoms with van der Waals surface area (Å²) in [5.41, 5.74) is 3.38. The molecule has 114 valence electrons. The molecule has 0 radical (unpaired) electrons. The molecule has 0 aliphatic rings. The summed E-state index contributed by atoms with van der Waals surface area (Å²) >= 11 is 0. The third-order valence-corrected chi connectivity index (χ3v) is 2.80. The molecule has 0 bridgehead atoms. The van der Waals surface area contributed by atoms with Gasteiger partial charge in [-0.15, -0.1) is 0 Å². The van der Waals surface area contributed by atoms with Crippen molar-refractivity contribution in [2.75, 3.05) is 5.32 Å². The van der Waals surface area contributed by atoms with Crippen LogP contribution in [-0.2, 0) is 4.79 Å². The third-order valence-electron chi connectivity index (χ3n) is 2.80. The Hall–Kier alpha value is -2.71. The fourth-order valence-corrected chi connectivity index (χ4v) is 1.73. The second-order valence-electron chi connectivity index (χ2n) is 4.68. The van der Waals surface area contributed by atoms with Gasteiger partial charge >= 0.3 is 5.97 Å². The summed E-state index contributed by atoms with van der Waals surface area (Å²) < 4.78 is 13.6. The minimum absolute atomic E-state index is 0.302. The van der Waals surface area contributed by atoms with Gasteiger partial charge in [0.25, 0.3) is 5.69 Å². The zero-order valence-corrected chi connectivity index (χ0v) is 11.3. The number of carbonyl (C=O) groups excluding carboxylic acids is 1. The Bertz CT molecular complexity index is 603. The van der Waals surface area contributed by atoms with Crippen molar-refractivity contribution in [3.05, 3.63) is 33.6 Å². The number of carboxylic acid groups (broad SMARTS) is 1. The maximum Gasteiger partial charge on any atom is 0.338 e. The number of nitrogens with one attached hydrogen (secondary N) is 1. The number of carboxylic acids is 1. The molecular formula is C12H14FN3O5. The number of primary amides is 1. The van der Waals surface area contributed by atoms with E-state index < -0.39 is 39.9 Å². The van der Waals surface area contributed by atoms with E-state index in [0.29, 0.717) is 12.1 Å². The summed E-state index contributed by atoms with van der Waals surface area (Å²) in [6.45, 7) is 3.30. The number of nitro benzene ring substituents is 1. The highest BCUT2D eigenvalue weighted by Gasteiger charge is 2.26. The van der Waals surface area contributed by atoms with E-state index in [9.17, 15) is 24.1 Å². The van der Waals surface area contributed by atoms with Gasteiger partial charge in [-0.25, -0.2) is 9.18 Å². The van der Waals surface area contributed by atoms with Gasteiger partial charge in [0.05, 0.1) is 4.92 Å². The standard InChI is InChI=1S/C12H14FN3O5/c1-5(2)10(11(14)17)15-8-4-7(13)6(12(18)19)3-9(8)16(20)21/h3-5,10,15H,1-2H3,(H2,14,17)(H,18,19). The first-order valence-corrected chi connectivity index (χ1v) is 5.92. The summed E-state index contributed by atoms with van der Waals surface area (Å²) in [5, 5.41) is 22.2. The van der Waals surface area contributed by atoms with Crippen LogP contribution in [0.4, 0.5) is 15.8 Å². The van der Waals surface area contributed by atoms with Crippen LogP contribution in [-0.4, -0.2) is 27.9 Å². The Kier molecular flexibility index (Phi) is 4.79. The average Bonchev–Trinajstić information content (AvgIpc) is 2.34. The Morgan fingerprint density at radius 1 is 1.43 bits per heavy atom. The van der Waals surface area contributed by atoms with Gasteiger partial charge in [0, 0.05) is 12.1 Å². The Balaban J connectivity index is 3.35. The molecule has 0 aromatic heterocycles. The number of nitrogens with zero attached hydrogens (tertiary/aromatic N) is 1. The third kappa shape index (κ3) is 3.65. The summed E-state index contributed by atoms with van der Waals surface area (Å²) in [5.74, 6) is -3.84. The number of benzene rings is 1. The van der Waals surface area contributed by atoms with Crippen LogP contribution < -0.4 is 11.1 Å². The SMILES string of the molecule is CC(C)C(Nc1cc(F)c(C(=O)O)cc1[N+](=O)[O-])C(N)=O. The average molecular weight is 299 g/mol. The topological polar surface area (TPSA) is 136 Å². The number of nitro groups is 1. The van der Waals surface area contributed by atoms with E-state index >= 15 is 0 Å². The highest BCUT2D eigenvalue weighted by molar-refractivity contribution is 5.91. The fraction of sp³-hybridized carbons (Fsp3) is 0.333. The van der Waals surface area contributed by atoms with E-state index in [1.807, 2.05) is 0 Å². The maximum atomic E-state index is 13.6. The second-order valence-corrected chi connectivity index (χ2v) is 4.68. The van der Waals surface area contributed by atoms with Crippen molar-refractivity contribution in [1.29, 1.82) is 0 Å². The van der Waals surface area contributed by atoms with Gasteiger partial charge in [-0.3, -0.25) is 14.9 Å². The van der Waals surface area contributed by atoms with E-state index in [1.165, 1.54) is 0 Å². The van der Waals surface area contributed by atoms with Crippen molar-refractivity contribution >= 4 is 23.3 Å². The largest absolute Gasteiger partial charge is 0.478 e. The zero-order chi connectivity index (χ0) is 16.3. The Labute approximate surface area is 118 Å². The normalized spacial score (nSPS) is 12.0. The monoisotopic (exact) mass is 299 g/mol. The lowest BCUT2D eigenvalue weighted by atomic mass is 10.0.